The molecule has 3 aromatic rings. The van der Waals surface area contributed by atoms with Crippen LogP contribution in [0.15, 0.2) is 18.2 Å². The topological polar surface area (TPSA) is 88.2 Å². The molecular weight excluding hydrogens is 352 g/mol. The van der Waals surface area contributed by atoms with Crippen LogP contribution in [0.25, 0.3) is 10.9 Å². The van der Waals surface area contributed by atoms with Crippen LogP contribution in [0.4, 0.5) is 0 Å². The third kappa shape index (κ3) is 2.57. The van der Waals surface area contributed by atoms with E-state index in [1.54, 1.807) is 6.07 Å². The smallest absolute Gasteiger partial charge is 0.339 e. The molecule has 8 heteroatoms. The quantitative estimate of drug-likeness (QED) is 0.716. The zero-order valence-corrected chi connectivity index (χ0v) is 15.4. The van der Waals surface area contributed by atoms with E-state index in [1.807, 2.05) is 24.0 Å². The second-order valence-corrected chi connectivity index (χ2v) is 6.93. The van der Waals surface area contributed by atoms with Crippen LogP contribution < -0.4 is 0 Å². The number of hydrogen-bond acceptors (Lipinski definition) is 6. The number of esters is 1. The van der Waals surface area contributed by atoms with Gasteiger partial charge in [0.25, 0.3) is 5.91 Å². The minimum atomic E-state index is -0.370. The summed E-state index contributed by atoms with van der Waals surface area (Å²) in [6.07, 6.45) is 1.40. The Kier molecular flexibility index (Phi) is 4.20. The van der Waals surface area contributed by atoms with E-state index >= 15 is 0 Å². The van der Waals surface area contributed by atoms with Gasteiger partial charge in [0, 0.05) is 36.2 Å². The van der Waals surface area contributed by atoms with Crippen molar-refractivity contribution in [2.24, 2.45) is 0 Å². The van der Waals surface area contributed by atoms with Gasteiger partial charge in [-0.25, -0.2) is 4.79 Å². The summed E-state index contributed by atoms with van der Waals surface area (Å²) in [6.45, 7) is 3.09. The van der Waals surface area contributed by atoms with Gasteiger partial charge in [-0.1, -0.05) is 23.5 Å². The van der Waals surface area contributed by atoms with Crippen LogP contribution in [0.1, 0.15) is 43.9 Å². The maximum absolute atomic E-state index is 12.9. The number of aryl methyl sites for hydroxylation is 1. The van der Waals surface area contributed by atoms with Gasteiger partial charge in [0.05, 0.1) is 23.9 Å². The molecule has 3 heterocycles. The highest BCUT2D eigenvalue weighted by molar-refractivity contribution is 7.08. The van der Waals surface area contributed by atoms with Crippen LogP contribution in [0.3, 0.4) is 0 Å². The molecule has 1 aliphatic heterocycles. The normalized spacial score (nSPS) is 13.7. The molecule has 0 fully saturated rings. The Morgan fingerprint density at radius 3 is 3.00 bits per heavy atom. The van der Waals surface area contributed by atoms with E-state index in [2.05, 4.69) is 14.6 Å². The second kappa shape index (κ2) is 6.53. The molecule has 2 aromatic heterocycles. The van der Waals surface area contributed by atoms with Crippen molar-refractivity contribution in [1.29, 1.82) is 0 Å². The first-order valence-corrected chi connectivity index (χ1v) is 9.22. The van der Waals surface area contributed by atoms with Gasteiger partial charge in [0.15, 0.2) is 0 Å². The molecule has 7 nitrogen and oxygen atoms in total. The number of amides is 1. The number of H-pyrrole nitrogens is 1. The molecule has 1 N–H and O–H groups in total. The number of aromatic amines is 1. The van der Waals surface area contributed by atoms with Crippen molar-refractivity contribution in [3.8, 4) is 0 Å². The summed E-state index contributed by atoms with van der Waals surface area (Å²) in [5.41, 5.74) is 4.15. The van der Waals surface area contributed by atoms with Gasteiger partial charge >= 0.3 is 5.97 Å². The Bertz CT molecular complexity index is 1010. The summed E-state index contributed by atoms with van der Waals surface area (Å²) in [5, 5.41) is 5.00. The molecule has 0 unspecified atom stereocenters. The van der Waals surface area contributed by atoms with Crippen LogP contribution in [-0.2, 0) is 24.1 Å². The van der Waals surface area contributed by atoms with Crippen molar-refractivity contribution < 1.29 is 14.3 Å². The number of carbonyl (C=O) groups excluding carboxylic acids is 2. The molecule has 0 spiro atoms. The third-order valence-corrected chi connectivity index (χ3v) is 5.54. The van der Waals surface area contributed by atoms with Gasteiger partial charge in [-0.15, -0.1) is 5.10 Å². The number of aromatic nitrogens is 3. The molecule has 1 aliphatic rings. The number of methoxy groups -OCH3 is 1. The number of rotatable bonds is 3. The van der Waals surface area contributed by atoms with E-state index in [1.165, 1.54) is 7.11 Å². The van der Waals surface area contributed by atoms with Gasteiger partial charge in [-0.2, -0.15) is 0 Å². The number of hydrogen-bond donors (Lipinski definition) is 1. The van der Waals surface area contributed by atoms with E-state index in [0.717, 1.165) is 39.4 Å². The predicted molar refractivity (Wildman–Crippen MR) is 97.4 cm³/mol. The van der Waals surface area contributed by atoms with Crippen LogP contribution in [0.5, 0.6) is 0 Å². The van der Waals surface area contributed by atoms with E-state index in [9.17, 15) is 9.59 Å². The Balaban J connectivity index is 1.71. The Morgan fingerprint density at radius 1 is 1.38 bits per heavy atom. The Morgan fingerprint density at radius 2 is 2.23 bits per heavy atom. The highest BCUT2D eigenvalue weighted by Crippen LogP contribution is 2.31. The van der Waals surface area contributed by atoms with Gasteiger partial charge in [0.2, 0.25) is 0 Å². The molecule has 134 valence electrons. The molecule has 0 atom stereocenters. The molecule has 1 aromatic carbocycles. The van der Waals surface area contributed by atoms with Gasteiger partial charge in [-0.05, 0) is 24.0 Å². The first-order chi connectivity index (χ1) is 12.6. The van der Waals surface area contributed by atoms with Gasteiger partial charge in [0.1, 0.15) is 4.88 Å². The zero-order chi connectivity index (χ0) is 18.3. The molecule has 0 aliphatic carbocycles. The summed E-state index contributed by atoms with van der Waals surface area (Å²) in [7, 11) is 1.37. The predicted octanol–water partition coefficient (Wildman–Crippen LogP) is 2.57. The highest BCUT2D eigenvalue weighted by Gasteiger charge is 2.28. The number of ether oxygens (including phenoxy) is 1. The van der Waals surface area contributed by atoms with Crippen molar-refractivity contribution in [3.05, 3.63) is 45.6 Å². The molecule has 26 heavy (non-hydrogen) atoms. The minimum absolute atomic E-state index is 0.0269. The minimum Gasteiger partial charge on any atom is -0.465 e. The van der Waals surface area contributed by atoms with Gasteiger partial charge in [-0.3, -0.25) is 4.79 Å². The van der Waals surface area contributed by atoms with E-state index in [4.69, 9.17) is 4.74 Å². The van der Waals surface area contributed by atoms with Crippen LogP contribution in [0.2, 0.25) is 0 Å². The maximum Gasteiger partial charge on any atom is 0.339 e. The number of para-hydroxylation sites is 1. The summed E-state index contributed by atoms with van der Waals surface area (Å²) < 4.78 is 8.79. The molecule has 0 bridgehead atoms. The first kappa shape index (κ1) is 16.7. The third-order valence-electron chi connectivity index (χ3n) is 4.79. The SMILES string of the molecule is CCc1nnsc1C(=O)N1CCc2[nH]c3c(C(=O)OC)cccc3c2C1. The highest BCUT2D eigenvalue weighted by atomic mass is 32.1. The number of fused-ring (bicyclic) bond motifs is 3. The molecular formula is C18H18N4O3S. The lowest BCUT2D eigenvalue weighted by Crippen LogP contribution is -2.35. The Labute approximate surface area is 154 Å². The fourth-order valence-electron chi connectivity index (χ4n) is 3.44. The largest absolute Gasteiger partial charge is 0.465 e. The average molecular weight is 370 g/mol. The average Bonchev–Trinajstić information content (AvgIpc) is 3.30. The monoisotopic (exact) mass is 370 g/mol. The van der Waals surface area contributed by atoms with Crippen molar-refractivity contribution in [2.75, 3.05) is 13.7 Å². The van der Waals surface area contributed by atoms with Crippen molar-refractivity contribution >= 4 is 34.3 Å². The summed E-state index contributed by atoms with van der Waals surface area (Å²) in [5.74, 6) is -0.397. The van der Waals surface area contributed by atoms with Crippen molar-refractivity contribution in [1.82, 2.24) is 19.5 Å². The number of nitrogens with one attached hydrogen (secondary N) is 1. The van der Waals surface area contributed by atoms with Crippen LogP contribution in [0, 0.1) is 0 Å². The summed E-state index contributed by atoms with van der Waals surface area (Å²) in [4.78, 5) is 30.7. The van der Waals surface area contributed by atoms with Gasteiger partial charge < -0.3 is 14.6 Å². The number of benzene rings is 1. The van der Waals surface area contributed by atoms with E-state index in [0.29, 0.717) is 36.4 Å². The lowest BCUT2D eigenvalue weighted by atomic mass is 10.0. The lowest BCUT2D eigenvalue weighted by Gasteiger charge is -2.26. The molecule has 1 amide bonds. The number of carbonyl (C=O) groups is 2. The fourth-order valence-corrected chi connectivity index (χ4v) is 4.16. The van der Waals surface area contributed by atoms with Crippen LogP contribution >= 0.6 is 11.5 Å². The van der Waals surface area contributed by atoms with E-state index in [-0.39, 0.29) is 11.9 Å². The summed E-state index contributed by atoms with van der Waals surface area (Å²) >= 11 is 1.15. The zero-order valence-electron chi connectivity index (χ0n) is 14.5. The first-order valence-electron chi connectivity index (χ1n) is 8.45. The molecule has 0 radical (unpaired) electrons. The molecule has 0 saturated heterocycles. The molecule has 4 rings (SSSR count). The number of nitrogens with zero attached hydrogens (tertiary/aromatic N) is 3. The van der Waals surface area contributed by atoms with Crippen molar-refractivity contribution in [3.63, 3.8) is 0 Å². The summed E-state index contributed by atoms with van der Waals surface area (Å²) in [6, 6.07) is 5.55. The van der Waals surface area contributed by atoms with Crippen molar-refractivity contribution in [2.45, 2.75) is 26.3 Å². The lowest BCUT2D eigenvalue weighted by molar-refractivity contribution is 0.0602. The molecule has 0 saturated carbocycles. The fraction of sp³-hybridized carbons (Fsp3) is 0.333. The maximum atomic E-state index is 12.9. The standard InChI is InChI=1S/C18H18N4O3S/c1-3-13-16(26-21-20-13)17(23)22-8-7-14-12(9-22)10-5-4-6-11(15(10)19-14)18(24)25-2/h4-6,19H,3,7-9H2,1-2H3. The Hall–Kier alpha value is -2.74. The second-order valence-electron chi connectivity index (χ2n) is 6.18. The van der Waals surface area contributed by atoms with Crippen LogP contribution in [-0.4, -0.2) is 45.0 Å². The van der Waals surface area contributed by atoms with E-state index < -0.39 is 0 Å².